The Morgan fingerprint density at radius 1 is 1.00 bits per heavy atom. The number of hydrogen-bond donors (Lipinski definition) is 0. The molecule has 5 nitrogen and oxygen atoms in total. The number of fused-ring (bicyclic) bond motifs is 1. The van der Waals surface area contributed by atoms with E-state index in [0.29, 0.717) is 24.7 Å². The predicted molar refractivity (Wildman–Crippen MR) is 98.6 cm³/mol. The maximum absolute atomic E-state index is 12.6. The van der Waals surface area contributed by atoms with Crippen molar-refractivity contribution in [3.63, 3.8) is 0 Å². The fraction of sp³-hybridized carbons (Fsp3) is 0.211. The number of amides is 1. The number of aromatic nitrogens is 2. The average Bonchev–Trinajstić information content (AvgIpc) is 2.65. The van der Waals surface area contributed by atoms with Gasteiger partial charge in [0.2, 0.25) is 5.91 Å². The Kier molecular flexibility index (Phi) is 4.24. The van der Waals surface area contributed by atoms with Crippen LogP contribution in [-0.4, -0.2) is 40.4 Å². The second-order valence-electron chi connectivity index (χ2n) is 6.08. The first kappa shape index (κ1) is 15.8. The molecular formula is C19H17ClN4O. The molecule has 4 rings (SSSR count). The maximum Gasteiger partial charge on any atom is 0.242 e. The molecule has 1 amide bonds. The lowest BCUT2D eigenvalue weighted by Crippen LogP contribution is -2.50. The van der Waals surface area contributed by atoms with E-state index >= 15 is 0 Å². The molecule has 0 atom stereocenters. The highest BCUT2D eigenvalue weighted by Gasteiger charge is 2.25. The first-order chi connectivity index (χ1) is 12.2. The molecule has 1 aliphatic rings. The smallest absolute Gasteiger partial charge is 0.242 e. The highest BCUT2D eigenvalue weighted by atomic mass is 35.5. The monoisotopic (exact) mass is 352 g/mol. The van der Waals surface area contributed by atoms with E-state index in [4.69, 9.17) is 11.6 Å². The normalized spacial score (nSPS) is 15.0. The molecule has 1 aliphatic heterocycles. The van der Waals surface area contributed by atoms with E-state index in [1.807, 2.05) is 58.3 Å². The summed E-state index contributed by atoms with van der Waals surface area (Å²) in [6.07, 6.45) is 1.56. The van der Waals surface area contributed by atoms with Crippen LogP contribution in [-0.2, 0) is 11.3 Å². The SMILES string of the molecule is O=C1CN(c2ncnc3ccccc23)CCN1Cc1ccc(Cl)cc1. The van der Waals surface area contributed by atoms with Gasteiger partial charge in [-0.3, -0.25) is 4.79 Å². The Labute approximate surface area is 150 Å². The summed E-state index contributed by atoms with van der Waals surface area (Å²) in [6.45, 7) is 2.35. The molecule has 2 aromatic carbocycles. The van der Waals surface area contributed by atoms with Gasteiger partial charge < -0.3 is 9.80 Å². The van der Waals surface area contributed by atoms with E-state index in [-0.39, 0.29) is 5.91 Å². The van der Waals surface area contributed by atoms with Gasteiger partial charge in [0.25, 0.3) is 0 Å². The largest absolute Gasteiger partial charge is 0.345 e. The third-order valence-electron chi connectivity index (χ3n) is 4.43. The Balaban J connectivity index is 1.51. The van der Waals surface area contributed by atoms with Crippen molar-refractivity contribution in [3.8, 4) is 0 Å². The Morgan fingerprint density at radius 3 is 2.60 bits per heavy atom. The standard InChI is InChI=1S/C19H17ClN4O/c20-15-7-5-14(6-8-15)11-23-9-10-24(12-18(23)25)19-16-3-1-2-4-17(16)21-13-22-19/h1-8,13H,9-12H2. The van der Waals surface area contributed by atoms with Crippen LogP contribution in [0.1, 0.15) is 5.56 Å². The summed E-state index contributed by atoms with van der Waals surface area (Å²) in [5, 5.41) is 1.68. The van der Waals surface area contributed by atoms with Crippen LogP contribution in [0.15, 0.2) is 54.9 Å². The number of carbonyl (C=O) groups is 1. The van der Waals surface area contributed by atoms with Crippen LogP contribution >= 0.6 is 11.6 Å². The molecule has 126 valence electrons. The lowest BCUT2D eigenvalue weighted by atomic mass is 10.1. The summed E-state index contributed by atoms with van der Waals surface area (Å²) < 4.78 is 0. The van der Waals surface area contributed by atoms with E-state index in [9.17, 15) is 4.79 Å². The van der Waals surface area contributed by atoms with Crippen molar-refractivity contribution in [1.29, 1.82) is 0 Å². The molecular weight excluding hydrogens is 336 g/mol. The number of nitrogens with zero attached hydrogens (tertiary/aromatic N) is 4. The summed E-state index contributed by atoms with van der Waals surface area (Å²) >= 11 is 5.92. The number of halogens is 1. The molecule has 2 heterocycles. The van der Waals surface area contributed by atoms with E-state index < -0.39 is 0 Å². The summed E-state index contributed by atoms with van der Waals surface area (Å²) in [7, 11) is 0. The molecule has 6 heteroatoms. The minimum Gasteiger partial charge on any atom is -0.345 e. The van der Waals surface area contributed by atoms with E-state index in [0.717, 1.165) is 28.8 Å². The number of benzene rings is 2. The van der Waals surface area contributed by atoms with Crippen molar-refractivity contribution in [2.24, 2.45) is 0 Å². The van der Waals surface area contributed by atoms with Gasteiger partial charge in [-0.05, 0) is 29.8 Å². The van der Waals surface area contributed by atoms with Gasteiger partial charge in [-0.15, -0.1) is 0 Å². The van der Waals surface area contributed by atoms with Crippen LogP contribution in [0.5, 0.6) is 0 Å². The van der Waals surface area contributed by atoms with Crippen molar-refractivity contribution < 1.29 is 4.79 Å². The molecule has 1 aromatic heterocycles. The van der Waals surface area contributed by atoms with Crippen LogP contribution in [0, 0.1) is 0 Å². The van der Waals surface area contributed by atoms with E-state index in [1.165, 1.54) is 0 Å². The highest BCUT2D eigenvalue weighted by molar-refractivity contribution is 6.30. The average molecular weight is 353 g/mol. The van der Waals surface area contributed by atoms with Gasteiger partial charge in [-0.25, -0.2) is 9.97 Å². The van der Waals surface area contributed by atoms with Crippen molar-refractivity contribution in [2.75, 3.05) is 24.5 Å². The Bertz CT molecular complexity index is 907. The van der Waals surface area contributed by atoms with Crippen LogP contribution < -0.4 is 4.90 Å². The molecule has 0 radical (unpaired) electrons. The zero-order valence-electron chi connectivity index (χ0n) is 13.6. The van der Waals surface area contributed by atoms with Gasteiger partial charge >= 0.3 is 0 Å². The second kappa shape index (κ2) is 6.69. The Hall–Kier alpha value is -2.66. The van der Waals surface area contributed by atoms with Crippen LogP contribution in [0.2, 0.25) is 5.02 Å². The summed E-state index contributed by atoms with van der Waals surface area (Å²) in [5.41, 5.74) is 1.97. The van der Waals surface area contributed by atoms with Gasteiger partial charge in [-0.2, -0.15) is 0 Å². The number of anilines is 1. The Morgan fingerprint density at radius 2 is 1.80 bits per heavy atom. The van der Waals surface area contributed by atoms with Gasteiger partial charge in [0, 0.05) is 30.0 Å². The molecule has 0 saturated carbocycles. The summed E-state index contributed by atoms with van der Waals surface area (Å²) in [6, 6.07) is 15.5. The van der Waals surface area contributed by atoms with Crippen molar-refractivity contribution in [3.05, 3.63) is 65.4 Å². The zero-order valence-corrected chi connectivity index (χ0v) is 14.4. The van der Waals surface area contributed by atoms with Crippen molar-refractivity contribution in [2.45, 2.75) is 6.54 Å². The lowest BCUT2D eigenvalue weighted by Gasteiger charge is -2.35. The number of piperazine rings is 1. The molecule has 0 aliphatic carbocycles. The summed E-state index contributed by atoms with van der Waals surface area (Å²) in [5.74, 6) is 0.925. The number of hydrogen-bond acceptors (Lipinski definition) is 4. The van der Waals surface area contributed by atoms with Crippen LogP contribution in [0.4, 0.5) is 5.82 Å². The molecule has 0 spiro atoms. The quantitative estimate of drug-likeness (QED) is 0.726. The molecule has 25 heavy (non-hydrogen) atoms. The lowest BCUT2D eigenvalue weighted by molar-refractivity contribution is -0.131. The number of para-hydroxylation sites is 1. The second-order valence-corrected chi connectivity index (χ2v) is 6.51. The van der Waals surface area contributed by atoms with Gasteiger partial charge in [0.1, 0.15) is 12.1 Å². The summed E-state index contributed by atoms with van der Waals surface area (Å²) in [4.78, 5) is 25.2. The van der Waals surface area contributed by atoms with Gasteiger partial charge in [0.05, 0.1) is 12.1 Å². The first-order valence-corrected chi connectivity index (χ1v) is 8.55. The highest BCUT2D eigenvalue weighted by Crippen LogP contribution is 2.24. The van der Waals surface area contributed by atoms with Gasteiger partial charge in [0.15, 0.2) is 0 Å². The predicted octanol–water partition coefficient (Wildman–Crippen LogP) is 3.13. The maximum atomic E-state index is 12.6. The molecule has 1 fully saturated rings. The number of carbonyl (C=O) groups excluding carboxylic acids is 1. The minimum atomic E-state index is 0.101. The third kappa shape index (κ3) is 3.28. The third-order valence-corrected chi connectivity index (χ3v) is 4.68. The van der Waals surface area contributed by atoms with Gasteiger partial charge in [-0.1, -0.05) is 35.9 Å². The fourth-order valence-corrected chi connectivity index (χ4v) is 3.24. The topological polar surface area (TPSA) is 49.3 Å². The van der Waals surface area contributed by atoms with E-state index in [1.54, 1.807) is 6.33 Å². The van der Waals surface area contributed by atoms with Crippen LogP contribution in [0.3, 0.4) is 0 Å². The fourth-order valence-electron chi connectivity index (χ4n) is 3.11. The first-order valence-electron chi connectivity index (χ1n) is 8.17. The van der Waals surface area contributed by atoms with Crippen molar-refractivity contribution in [1.82, 2.24) is 14.9 Å². The molecule has 3 aromatic rings. The molecule has 0 bridgehead atoms. The zero-order chi connectivity index (χ0) is 17.2. The molecule has 0 N–H and O–H groups in total. The molecule has 1 saturated heterocycles. The van der Waals surface area contributed by atoms with E-state index in [2.05, 4.69) is 9.97 Å². The van der Waals surface area contributed by atoms with Crippen LogP contribution in [0.25, 0.3) is 10.9 Å². The molecule has 0 unspecified atom stereocenters. The van der Waals surface area contributed by atoms with Crippen molar-refractivity contribution >= 4 is 34.2 Å². The number of rotatable bonds is 3. The minimum absolute atomic E-state index is 0.101.